The number of fused-ring (bicyclic) bond motifs is 1. The van der Waals surface area contributed by atoms with Crippen LogP contribution in [-0.2, 0) is 19.6 Å². The number of aromatic nitrogens is 6. The Morgan fingerprint density at radius 2 is 1.97 bits per heavy atom. The van der Waals surface area contributed by atoms with Gasteiger partial charge in [0.15, 0.2) is 0 Å². The van der Waals surface area contributed by atoms with Gasteiger partial charge >= 0.3 is 0 Å². The molecule has 1 atom stereocenters. The number of benzene rings is 1. The average molecular weight is 394 g/mol. The van der Waals surface area contributed by atoms with Crippen LogP contribution in [0.4, 0.5) is 5.95 Å². The first-order valence-electron chi connectivity index (χ1n) is 10.3. The maximum atomic E-state index is 9.92. The van der Waals surface area contributed by atoms with E-state index < -0.39 is 0 Å². The van der Waals surface area contributed by atoms with Gasteiger partial charge in [-0.05, 0) is 54.4 Å². The zero-order valence-corrected chi connectivity index (χ0v) is 16.4. The molecule has 1 aromatic carbocycles. The fourth-order valence-corrected chi connectivity index (χ4v) is 4.29. The van der Waals surface area contributed by atoms with Crippen LogP contribution in [0.1, 0.15) is 30.7 Å². The molecule has 0 aliphatic carbocycles. The lowest BCUT2D eigenvalue weighted by Crippen LogP contribution is -2.37. The van der Waals surface area contributed by atoms with E-state index >= 15 is 0 Å². The first-order chi connectivity index (χ1) is 14.3. The third-order valence-corrected chi connectivity index (χ3v) is 5.67. The van der Waals surface area contributed by atoms with Crippen molar-refractivity contribution in [1.82, 2.24) is 34.9 Å². The maximum Gasteiger partial charge on any atom is 0.250 e. The Balaban J connectivity index is 1.35. The van der Waals surface area contributed by atoms with Crippen molar-refractivity contribution < 1.29 is 5.11 Å². The summed E-state index contributed by atoms with van der Waals surface area (Å²) in [4.78, 5) is 4.52. The molecule has 2 aliphatic rings. The molecule has 152 valence electrons. The van der Waals surface area contributed by atoms with Crippen LogP contribution >= 0.6 is 0 Å². The van der Waals surface area contributed by atoms with Crippen molar-refractivity contribution in [2.24, 2.45) is 0 Å². The molecule has 9 heteroatoms. The Morgan fingerprint density at radius 1 is 1.07 bits per heavy atom. The van der Waals surface area contributed by atoms with Gasteiger partial charge in [0, 0.05) is 26.2 Å². The Bertz CT molecular complexity index is 953. The molecule has 0 saturated carbocycles. The lowest BCUT2D eigenvalue weighted by Gasteiger charge is -2.29. The van der Waals surface area contributed by atoms with Crippen LogP contribution in [0.5, 0.6) is 0 Å². The number of hydrogen-bond acceptors (Lipinski definition) is 7. The highest BCUT2D eigenvalue weighted by Gasteiger charge is 2.23. The summed E-state index contributed by atoms with van der Waals surface area (Å²) in [6.07, 6.45) is 2.72. The lowest BCUT2D eigenvalue weighted by molar-refractivity contribution is 0.0661. The van der Waals surface area contributed by atoms with Gasteiger partial charge in [-0.2, -0.15) is 9.78 Å². The van der Waals surface area contributed by atoms with E-state index in [4.69, 9.17) is 5.10 Å². The molecular formula is C20H26N8O. The van der Waals surface area contributed by atoms with Crippen molar-refractivity contribution in [2.75, 3.05) is 24.5 Å². The van der Waals surface area contributed by atoms with Crippen LogP contribution in [0.15, 0.2) is 36.4 Å². The van der Waals surface area contributed by atoms with E-state index in [1.807, 2.05) is 30.3 Å². The van der Waals surface area contributed by atoms with E-state index in [2.05, 4.69) is 36.1 Å². The number of β-amino-alcohol motifs (C(OH)–C–C–N with tert-alkyl or cyclic N) is 1. The molecule has 0 unspecified atom stereocenters. The summed E-state index contributed by atoms with van der Waals surface area (Å²) in [5, 5.41) is 27.2. The van der Waals surface area contributed by atoms with E-state index in [9.17, 15) is 5.11 Å². The number of piperidine rings is 1. The summed E-state index contributed by atoms with van der Waals surface area (Å²) in [5.74, 6) is 0.756. The number of rotatable bonds is 4. The fraction of sp³-hybridized carbons (Fsp3) is 0.500. The highest BCUT2D eigenvalue weighted by atomic mass is 16.3. The third kappa shape index (κ3) is 3.88. The zero-order chi connectivity index (χ0) is 19.6. The molecule has 4 heterocycles. The zero-order valence-electron chi connectivity index (χ0n) is 16.4. The number of anilines is 1. The molecule has 0 spiro atoms. The van der Waals surface area contributed by atoms with Gasteiger partial charge in [0.05, 0.1) is 29.7 Å². The van der Waals surface area contributed by atoms with Gasteiger partial charge in [0.1, 0.15) is 0 Å². The monoisotopic (exact) mass is 394 g/mol. The minimum atomic E-state index is -0.212. The third-order valence-electron chi connectivity index (χ3n) is 5.67. The summed E-state index contributed by atoms with van der Waals surface area (Å²) < 4.78 is 3.91. The van der Waals surface area contributed by atoms with Crippen LogP contribution in [-0.4, -0.2) is 65.7 Å². The minimum absolute atomic E-state index is 0.212. The van der Waals surface area contributed by atoms with Crippen molar-refractivity contribution in [2.45, 2.75) is 45.0 Å². The van der Waals surface area contributed by atoms with Crippen LogP contribution in [0.2, 0.25) is 0 Å². The number of hydrogen-bond donors (Lipinski definition) is 1. The largest absolute Gasteiger partial charge is 0.392 e. The molecule has 9 nitrogen and oxygen atoms in total. The number of aliphatic hydroxyl groups is 1. The van der Waals surface area contributed by atoms with Crippen LogP contribution in [0, 0.1) is 0 Å². The number of tetrazole rings is 1. The van der Waals surface area contributed by atoms with Crippen LogP contribution < -0.4 is 4.90 Å². The van der Waals surface area contributed by atoms with Crippen LogP contribution in [0.25, 0.3) is 5.69 Å². The van der Waals surface area contributed by atoms with Gasteiger partial charge in [-0.15, -0.1) is 0 Å². The molecule has 2 aromatic heterocycles. The quantitative estimate of drug-likeness (QED) is 0.712. The summed E-state index contributed by atoms with van der Waals surface area (Å²) in [7, 11) is 0. The topological polar surface area (TPSA) is 88.1 Å². The smallest absolute Gasteiger partial charge is 0.250 e. The lowest BCUT2D eigenvalue weighted by atomic mass is 10.1. The Labute approximate surface area is 169 Å². The molecule has 1 saturated heterocycles. The molecule has 1 fully saturated rings. The van der Waals surface area contributed by atoms with Crippen molar-refractivity contribution in [3.8, 4) is 5.69 Å². The number of aliphatic hydroxyl groups excluding tert-OH is 1. The highest BCUT2D eigenvalue weighted by molar-refractivity contribution is 5.41. The summed E-state index contributed by atoms with van der Waals surface area (Å²) in [5.41, 5.74) is 3.20. The maximum absolute atomic E-state index is 9.92. The molecule has 0 amide bonds. The Kier molecular flexibility index (Phi) is 4.99. The predicted molar refractivity (Wildman–Crippen MR) is 108 cm³/mol. The van der Waals surface area contributed by atoms with E-state index in [1.54, 1.807) is 4.68 Å². The van der Waals surface area contributed by atoms with Crippen molar-refractivity contribution >= 4 is 5.95 Å². The van der Waals surface area contributed by atoms with Gasteiger partial charge in [-0.3, -0.25) is 9.58 Å². The van der Waals surface area contributed by atoms with Crippen LogP contribution in [0.3, 0.4) is 0 Å². The number of para-hydroxylation sites is 1. The molecule has 3 aromatic rings. The first kappa shape index (κ1) is 18.3. The summed E-state index contributed by atoms with van der Waals surface area (Å²) in [6.45, 7) is 5.05. The number of likely N-dealkylation sites (tertiary alicyclic amines) is 1. The van der Waals surface area contributed by atoms with E-state index in [0.29, 0.717) is 0 Å². The standard InChI is InChI=1S/C20H26N8O/c29-19-8-4-9-25(15-19)13-16-12-18-14-26(10-5-11-27(18)22-16)20-21-23-24-28(20)17-6-2-1-3-7-17/h1-3,6-7,12,19,29H,4-5,8-11,13-15H2/t19-/m0/s1. The minimum Gasteiger partial charge on any atom is -0.392 e. The second-order valence-corrected chi connectivity index (χ2v) is 7.88. The van der Waals surface area contributed by atoms with Gasteiger partial charge in [0.25, 0.3) is 5.95 Å². The number of nitrogens with zero attached hydrogens (tertiary/aromatic N) is 8. The van der Waals surface area contributed by atoms with Gasteiger partial charge in [-0.25, -0.2) is 0 Å². The van der Waals surface area contributed by atoms with Gasteiger partial charge in [-0.1, -0.05) is 23.3 Å². The molecule has 0 radical (unpaired) electrons. The predicted octanol–water partition coefficient (Wildman–Crippen LogP) is 1.23. The molecule has 5 rings (SSSR count). The van der Waals surface area contributed by atoms with Crippen molar-refractivity contribution in [3.63, 3.8) is 0 Å². The van der Waals surface area contributed by atoms with E-state index in [-0.39, 0.29) is 6.10 Å². The number of aryl methyl sites for hydroxylation is 1. The van der Waals surface area contributed by atoms with E-state index in [1.165, 1.54) is 5.69 Å². The molecular weight excluding hydrogens is 368 g/mol. The molecule has 29 heavy (non-hydrogen) atoms. The van der Waals surface area contributed by atoms with Gasteiger partial charge in [0.2, 0.25) is 0 Å². The SMILES string of the molecule is O[C@H]1CCCN(Cc2cc3n(n2)CCCN(c2nnnn2-c2ccccc2)C3)C1. The summed E-state index contributed by atoms with van der Waals surface area (Å²) >= 11 is 0. The van der Waals surface area contributed by atoms with Crippen molar-refractivity contribution in [1.29, 1.82) is 0 Å². The normalized spacial score (nSPS) is 20.4. The highest BCUT2D eigenvalue weighted by Crippen LogP contribution is 2.22. The molecule has 1 N–H and O–H groups in total. The Morgan fingerprint density at radius 3 is 2.83 bits per heavy atom. The summed E-state index contributed by atoms with van der Waals surface area (Å²) in [6, 6.07) is 12.2. The molecule has 0 bridgehead atoms. The fourth-order valence-electron chi connectivity index (χ4n) is 4.29. The van der Waals surface area contributed by atoms with Gasteiger partial charge < -0.3 is 10.0 Å². The second kappa shape index (κ2) is 7.92. The first-order valence-corrected chi connectivity index (χ1v) is 10.3. The average Bonchev–Trinajstić information content (AvgIpc) is 3.31. The van der Waals surface area contributed by atoms with E-state index in [0.717, 1.165) is 75.9 Å². The Hall–Kier alpha value is -2.78. The second-order valence-electron chi connectivity index (χ2n) is 7.88. The molecule has 2 aliphatic heterocycles. The van der Waals surface area contributed by atoms with Crippen molar-refractivity contribution in [3.05, 3.63) is 47.8 Å².